The zero-order valence-electron chi connectivity index (χ0n) is 18.7. The minimum Gasteiger partial charge on any atom is -0.373 e. The van der Waals surface area contributed by atoms with Crippen LogP contribution in [-0.2, 0) is 6.54 Å². The molecule has 1 unspecified atom stereocenters. The van der Waals surface area contributed by atoms with Gasteiger partial charge in [-0.15, -0.1) is 0 Å². The fourth-order valence-electron chi connectivity index (χ4n) is 5.52. The molecule has 8 heteroatoms. The number of carbonyl (C=O) groups excluding carboxylic acids is 1. The van der Waals surface area contributed by atoms with Crippen LogP contribution in [0.3, 0.4) is 0 Å². The first kappa shape index (κ1) is 22.5. The molecule has 2 aliphatic rings. The highest BCUT2D eigenvalue weighted by atomic mass is 35.5. The number of alkyl halides is 1. The van der Waals surface area contributed by atoms with Crippen LogP contribution in [0.5, 0.6) is 0 Å². The van der Waals surface area contributed by atoms with Gasteiger partial charge in [-0.25, -0.2) is 9.37 Å². The topological polar surface area (TPSA) is 58.1 Å². The fourth-order valence-corrected chi connectivity index (χ4v) is 6.50. The van der Waals surface area contributed by atoms with Gasteiger partial charge < -0.3 is 10.2 Å². The molecule has 3 aromatic rings. The lowest BCUT2D eigenvalue weighted by Gasteiger charge is -2.61. The van der Waals surface area contributed by atoms with Crippen molar-refractivity contribution in [3.8, 4) is 0 Å². The van der Waals surface area contributed by atoms with Crippen molar-refractivity contribution in [3.05, 3.63) is 64.4 Å². The van der Waals surface area contributed by atoms with Gasteiger partial charge in [-0.2, -0.15) is 0 Å². The molecule has 0 radical (unpaired) electrons. The van der Waals surface area contributed by atoms with Gasteiger partial charge in [0.1, 0.15) is 11.2 Å². The van der Waals surface area contributed by atoms with Gasteiger partial charge >= 0.3 is 0 Å². The summed E-state index contributed by atoms with van der Waals surface area (Å²) in [7, 11) is 4.18. The van der Waals surface area contributed by atoms with Crippen molar-refractivity contribution in [2.45, 2.75) is 50.6 Å². The van der Waals surface area contributed by atoms with E-state index in [2.05, 4.69) is 24.5 Å². The number of fused-ring (bicyclic) bond motifs is 1. The largest absolute Gasteiger partial charge is 0.373 e. The summed E-state index contributed by atoms with van der Waals surface area (Å²) < 4.78 is 14.1. The molecule has 2 fully saturated rings. The van der Waals surface area contributed by atoms with Crippen LogP contribution in [0.1, 0.15) is 47.3 Å². The van der Waals surface area contributed by atoms with Gasteiger partial charge in [-0.3, -0.25) is 9.78 Å². The third kappa shape index (κ3) is 4.31. The lowest BCUT2D eigenvalue weighted by Crippen LogP contribution is -2.60. The molecule has 1 N–H and O–H groups in total. The Morgan fingerprint density at radius 1 is 1.27 bits per heavy atom. The first-order valence-electron chi connectivity index (χ1n) is 11.2. The van der Waals surface area contributed by atoms with E-state index in [1.807, 2.05) is 49.2 Å². The summed E-state index contributed by atoms with van der Waals surface area (Å²) in [6, 6.07) is 11.4. The number of anilines is 1. The predicted molar refractivity (Wildman–Crippen MR) is 133 cm³/mol. The molecular formula is C25H27ClFN4OP. The normalized spacial score (nSPS) is 26.0. The molecule has 5 nitrogen and oxygen atoms in total. The molecule has 5 rings (SSSR count). The molecule has 172 valence electrons. The Bertz CT molecular complexity index is 1220. The highest BCUT2D eigenvalue weighted by Gasteiger charge is 2.60. The van der Waals surface area contributed by atoms with Crippen molar-refractivity contribution in [3.63, 3.8) is 0 Å². The zero-order chi connectivity index (χ0) is 23.4. The van der Waals surface area contributed by atoms with E-state index in [0.29, 0.717) is 30.0 Å². The number of halogens is 2. The zero-order valence-corrected chi connectivity index (χ0v) is 20.6. The van der Waals surface area contributed by atoms with E-state index in [-0.39, 0.29) is 17.4 Å². The third-order valence-corrected chi connectivity index (χ3v) is 7.62. The lowest BCUT2D eigenvalue weighted by molar-refractivity contribution is -0.104. The standard InChI is InChI=1S/C25H27ClFN4OP/c1-15-7-17-8-16(3-6-21(17)30-22(15)28-2)23(32)31(12-19-5-4-18(26)11-29-19)20-9-24(10-20)13-25(27,33)14-24/h3-8,11,20H,9-10,12-14,33H2,1-2H3,(H,28,30). The van der Waals surface area contributed by atoms with Crippen LogP contribution in [0, 0.1) is 12.3 Å². The summed E-state index contributed by atoms with van der Waals surface area (Å²) in [6.07, 6.45) is 4.36. The molecule has 1 amide bonds. The van der Waals surface area contributed by atoms with Crippen LogP contribution in [0.2, 0.25) is 5.02 Å². The fraction of sp³-hybridized carbons (Fsp3) is 0.400. The molecule has 0 saturated heterocycles. The maximum Gasteiger partial charge on any atom is 0.254 e. The molecule has 2 heterocycles. The van der Waals surface area contributed by atoms with E-state index in [1.54, 1.807) is 12.3 Å². The SMILES string of the molecule is CNc1nc2ccc(C(=O)N(Cc3ccc(Cl)cn3)C3CC4(C3)CC(F)(P)C4)cc2cc1C. The van der Waals surface area contributed by atoms with Crippen molar-refractivity contribution < 1.29 is 9.18 Å². The monoisotopic (exact) mass is 484 g/mol. The van der Waals surface area contributed by atoms with E-state index in [1.165, 1.54) is 0 Å². The highest BCUT2D eigenvalue weighted by Crippen LogP contribution is 2.65. The first-order valence-corrected chi connectivity index (χ1v) is 12.1. The Morgan fingerprint density at radius 2 is 2.03 bits per heavy atom. The van der Waals surface area contributed by atoms with E-state index < -0.39 is 5.41 Å². The molecule has 2 aliphatic carbocycles. The quantitative estimate of drug-likeness (QED) is 0.468. The number of aryl methyl sites for hydroxylation is 1. The molecule has 33 heavy (non-hydrogen) atoms. The highest BCUT2D eigenvalue weighted by molar-refractivity contribution is 7.18. The second kappa shape index (κ2) is 8.18. The summed E-state index contributed by atoms with van der Waals surface area (Å²) in [6.45, 7) is 2.39. The number of benzene rings is 1. The number of pyridine rings is 2. The van der Waals surface area contributed by atoms with Crippen LogP contribution in [0.4, 0.5) is 10.2 Å². The van der Waals surface area contributed by atoms with Crippen LogP contribution in [-0.4, -0.2) is 39.3 Å². The minimum atomic E-state index is -1.15. The second-order valence-electron chi connectivity index (χ2n) is 9.66. The molecule has 1 aromatic carbocycles. The van der Waals surface area contributed by atoms with E-state index in [4.69, 9.17) is 11.6 Å². The van der Waals surface area contributed by atoms with Gasteiger partial charge in [0.15, 0.2) is 0 Å². The number of aromatic nitrogens is 2. The summed E-state index contributed by atoms with van der Waals surface area (Å²) >= 11 is 6.00. The number of nitrogens with zero attached hydrogens (tertiary/aromatic N) is 3. The smallest absolute Gasteiger partial charge is 0.254 e. The Hall–Kier alpha value is -2.30. The maximum absolute atomic E-state index is 14.1. The molecular weight excluding hydrogens is 458 g/mol. The number of amides is 1. The Kier molecular flexibility index (Phi) is 5.57. The number of hydrogen-bond donors (Lipinski definition) is 1. The average Bonchev–Trinajstić information content (AvgIpc) is 2.74. The summed E-state index contributed by atoms with van der Waals surface area (Å²) in [5.74, 6) is 0.788. The molecule has 1 atom stereocenters. The van der Waals surface area contributed by atoms with Gasteiger partial charge in [-0.05, 0) is 80.0 Å². The van der Waals surface area contributed by atoms with Crippen LogP contribution >= 0.6 is 20.8 Å². The molecule has 0 bridgehead atoms. The summed E-state index contributed by atoms with van der Waals surface area (Å²) in [5, 5.41) is 3.44. The van der Waals surface area contributed by atoms with Crippen LogP contribution in [0.25, 0.3) is 10.9 Å². The molecule has 2 saturated carbocycles. The summed E-state index contributed by atoms with van der Waals surface area (Å²) in [5.41, 5.74) is 3.29. The molecule has 2 aromatic heterocycles. The number of carbonyl (C=O) groups is 1. The Morgan fingerprint density at radius 3 is 2.67 bits per heavy atom. The van der Waals surface area contributed by atoms with Gasteiger partial charge in [0.25, 0.3) is 5.91 Å². The van der Waals surface area contributed by atoms with E-state index in [0.717, 1.165) is 40.8 Å². The van der Waals surface area contributed by atoms with Crippen molar-refractivity contribution in [2.75, 3.05) is 12.4 Å². The number of nitrogens with one attached hydrogen (secondary N) is 1. The molecule has 1 spiro atoms. The van der Waals surface area contributed by atoms with Gasteiger partial charge in [0.2, 0.25) is 0 Å². The van der Waals surface area contributed by atoms with E-state index in [9.17, 15) is 9.18 Å². The van der Waals surface area contributed by atoms with Crippen LogP contribution in [0.15, 0.2) is 42.6 Å². The van der Waals surface area contributed by atoms with Crippen LogP contribution < -0.4 is 5.32 Å². The van der Waals surface area contributed by atoms with Crippen molar-refractivity contribution >= 4 is 43.5 Å². The van der Waals surface area contributed by atoms with Gasteiger partial charge in [-0.1, -0.05) is 20.8 Å². The second-order valence-corrected chi connectivity index (χ2v) is 11.1. The minimum absolute atomic E-state index is 0.0289. The van der Waals surface area contributed by atoms with Crippen molar-refractivity contribution in [2.24, 2.45) is 5.41 Å². The van der Waals surface area contributed by atoms with E-state index >= 15 is 0 Å². The van der Waals surface area contributed by atoms with Gasteiger partial charge in [0, 0.05) is 30.2 Å². The molecule has 0 aliphatic heterocycles. The van der Waals surface area contributed by atoms with Crippen molar-refractivity contribution in [1.29, 1.82) is 0 Å². The Balaban J connectivity index is 1.43. The Labute approximate surface area is 200 Å². The lowest BCUT2D eigenvalue weighted by atomic mass is 9.52. The first-order chi connectivity index (χ1) is 15.7. The van der Waals surface area contributed by atoms with Gasteiger partial charge in [0.05, 0.1) is 22.8 Å². The maximum atomic E-state index is 14.1. The predicted octanol–water partition coefficient (Wildman–Crippen LogP) is 5.76. The average molecular weight is 485 g/mol. The number of rotatable bonds is 5. The summed E-state index contributed by atoms with van der Waals surface area (Å²) in [4.78, 5) is 24.6. The van der Waals surface area contributed by atoms with Crippen molar-refractivity contribution in [1.82, 2.24) is 14.9 Å². The number of hydrogen-bond acceptors (Lipinski definition) is 4. The third-order valence-electron chi connectivity index (χ3n) is 6.99.